The van der Waals surface area contributed by atoms with Gasteiger partial charge in [-0.05, 0) is 31.2 Å². The molecule has 2 aromatic rings. The Balaban J connectivity index is 2.07. The van der Waals surface area contributed by atoms with Gasteiger partial charge in [-0.1, -0.05) is 0 Å². The molecule has 1 heterocycles. The van der Waals surface area contributed by atoms with Crippen molar-refractivity contribution in [3.05, 3.63) is 42.4 Å². The zero-order chi connectivity index (χ0) is 21.4. The van der Waals surface area contributed by atoms with Crippen molar-refractivity contribution < 1.29 is 27.1 Å². The predicted molar refractivity (Wildman–Crippen MR) is 114 cm³/mol. The molecule has 0 saturated heterocycles. The minimum Gasteiger partial charge on any atom is -0.497 e. The lowest BCUT2D eigenvalue weighted by molar-refractivity contribution is -0.121. The highest BCUT2D eigenvalue weighted by Gasteiger charge is 2.31. The van der Waals surface area contributed by atoms with Crippen LogP contribution in [-0.2, 0) is 20.6 Å². The number of anilines is 1. The highest BCUT2D eigenvalue weighted by Crippen LogP contribution is 2.35. The second-order valence-electron chi connectivity index (χ2n) is 6.20. The molecule has 2 rings (SSSR count). The third-order valence-corrected chi connectivity index (χ3v) is 6.29. The van der Waals surface area contributed by atoms with E-state index in [2.05, 4.69) is 5.32 Å². The van der Waals surface area contributed by atoms with Crippen LogP contribution >= 0.6 is 11.8 Å². The van der Waals surface area contributed by atoms with Gasteiger partial charge in [-0.2, -0.15) is 11.8 Å². The predicted octanol–water partition coefficient (Wildman–Crippen LogP) is 2.50. The van der Waals surface area contributed by atoms with E-state index in [1.165, 1.54) is 27.2 Å². The van der Waals surface area contributed by atoms with Gasteiger partial charge >= 0.3 is 0 Å². The molecule has 0 saturated carbocycles. The van der Waals surface area contributed by atoms with E-state index in [1.54, 1.807) is 30.2 Å². The van der Waals surface area contributed by atoms with Gasteiger partial charge in [-0.3, -0.25) is 9.10 Å². The fraction of sp³-hybridized carbons (Fsp3) is 0.421. The molecule has 1 atom stereocenters. The quantitative estimate of drug-likeness (QED) is 0.534. The summed E-state index contributed by atoms with van der Waals surface area (Å²) in [6.07, 6.45) is 2.67. The van der Waals surface area contributed by atoms with Gasteiger partial charge in [0.1, 0.15) is 23.3 Å². The number of ether oxygens (including phenoxy) is 2. The van der Waals surface area contributed by atoms with Crippen LogP contribution in [0, 0.1) is 0 Å². The molecule has 0 bridgehead atoms. The van der Waals surface area contributed by atoms with Crippen molar-refractivity contribution >= 4 is 33.4 Å². The molecule has 1 aromatic heterocycles. The van der Waals surface area contributed by atoms with Crippen LogP contribution in [0.15, 0.2) is 41.0 Å². The van der Waals surface area contributed by atoms with E-state index >= 15 is 0 Å². The van der Waals surface area contributed by atoms with E-state index in [0.29, 0.717) is 29.5 Å². The number of rotatable bonds is 11. The monoisotopic (exact) mass is 442 g/mol. The molecule has 160 valence electrons. The Morgan fingerprint density at radius 1 is 1.28 bits per heavy atom. The number of thioether (sulfide) groups is 1. The fourth-order valence-electron chi connectivity index (χ4n) is 2.71. The Morgan fingerprint density at radius 2 is 2.03 bits per heavy atom. The standard InChI is InChI=1S/C19H26N2O6S2/c1-14(19(22)20-9-11-28-13-16-6-5-10-27-16)21(29(4,23)24)17-12-15(25-2)7-8-18(17)26-3/h5-8,10,12,14H,9,11,13H2,1-4H3,(H,20,22)/t14-/m0/s1. The Labute approximate surface area is 175 Å². The number of nitrogens with one attached hydrogen (secondary N) is 1. The first-order chi connectivity index (χ1) is 13.8. The Hall–Kier alpha value is -2.33. The van der Waals surface area contributed by atoms with Crippen LogP contribution < -0.4 is 19.1 Å². The number of sulfonamides is 1. The molecule has 29 heavy (non-hydrogen) atoms. The summed E-state index contributed by atoms with van der Waals surface area (Å²) < 4.78 is 41.8. The fourth-order valence-corrected chi connectivity index (χ4v) is 4.64. The second-order valence-corrected chi connectivity index (χ2v) is 9.16. The van der Waals surface area contributed by atoms with E-state index in [9.17, 15) is 13.2 Å². The number of hydrogen-bond acceptors (Lipinski definition) is 7. The average molecular weight is 443 g/mol. The number of methoxy groups -OCH3 is 2. The van der Waals surface area contributed by atoms with Crippen LogP contribution in [0.2, 0.25) is 0 Å². The van der Waals surface area contributed by atoms with Gasteiger partial charge in [0, 0.05) is 18.4 Å². The molecule has 0 spiro atoms. The summed E-state index contributed by atoms with van der Waals surface area (Å²) in [5.74, 6) is 2.61. The third kappa shape index (κ3) is 6.33. The zero-order valence-electron chi connectivity index (χ0n) is 16.9. The molecule has 0 unspecified atom stereocenters. The highest BCUT2D eigenvalue weighted by atomic mass is 32.2. The van der Waals surface area contributed by atoms with Gasteiger partial charge in [0.05, 0.1) is 38.2 Å². The number of nitrogens with zero attached hydrogens (tertiary/aromatic N) is 1. The molecule has 1 N–H and O–H groups in total. The van der Waals surface area contributed by atoms with Crippen LogP contribution in [0.4, 0.5) is 5.69 Å². The van der Waals surface area contributed by atoms with Crippen LogP contribution in [0.1, 0.15) is 12.7 Å². The number of furan rings is 1. The van der Waals surface area contributed by atoms with Gasteiger partial charge in [0.25, 0.3) is 0 Å². The molecule has 0 aliphatic carbocycles. The van der Waals surface area contributed by atoms with Gasteiger partial charge in [-0.25, -0.2) is 8.42 Å². The lowest BCUT2D eigenvalue weighted by Gasteiger charge is -2.29. The maximum atomic E-state index is 12.6. The van der Waals surface area contributed by atoms with Crippen LogP contribution in [0.5, 0.6) is 11.5 Å². The number of hydrogen-bond donors (Lipinski definition) is 1. The molecular formula is C19H26N2O6S2. The van der Waals surface area contributed by atoms with Crippen molar-refractivity contribution in [3.63, 3.8) is 0 Å². The minimum atomic E-state index is -3.77. The largest absolute Gasteiger partial charge is 0.497 e. The normalized spacial score (nSPS) is 12.3. The summed E-state index contributed by atoms with van der Waals surface area (Å²) in [6.45, 7) is 1.94. The lowest BCUT2D eigenvalue weighted by Crippen LogP contribution is -2.48. The lowest BCUT2D eigenvalue weighted by atomic mass is 10.2. The highest BCUT2D eigenvalue weighted by molar-refractivity contribution is 7.98. The van der Waals surface area contributed by atoms with Gasteiger partial charge < -0.3 is 19.2 Å². The van der Waals surface area contributed by atoms with E-state index < -0.39 is 22.0 Å². The van der Waals surface area contributed by atoms with Gasteiger partial charge in [0.2, 0.25) is 15.9 Å². The van der Waals surface area contributed by atoms with Crippen molar-refractivity contribution in [1.29, 1.82) is 0 Å². The summed E-state index contributed by atoms with van der Waals surface area (Å²) in [5.41, 5.74) is 0.240. The van der Waals surface area contributed by atoms with E-state index in [1.807, 2.05) is 12.1 Å². The third-order valence-electron chi connectivity index (χ3n) is 4.08. The maximum Gasteiger partial charge on any atom is 0.243 e. The van der Waals surface area contributed by atoms with E-state index in [4.69, 9.17) is 13.9 Å². The van der Waals surface area contributed by atoms with Crippen LogP contribution in [0.25, 0.3) is 0 Å². The van der Waals surface area contributed by atoms with Gasteiger partial charge in [-0.15, -0.1) is 0 Å². The van der Waals surface area contributed by atoms with Crippen molar-refractivity contribution in [2.75, 3.05) is 37.1 Å². The molecule has 1 aromatic carbocycles. The summed E-state index contributed by atoms with van der Waals surface area (Å²) in [7, 11) is -0.849. The minimum absolute atomic E-state index is 0.240. The average Bonchev–Trinajstić information content (AvgIpc) is 3.19. The second kappa shape index (κ2) is 10.4. The Kier molecular flexibility index (Phi) is 8.27. The smallest absolute Gasteiger partial charge is 0.243 e. The summed E-state index contributed by atoms with van der Waals surface area (Å²) in [4.78, 5) is 12.6. The Morgan fingerprint density at radius 3 is 2.62 bits per heavy atom. The summed E-state index contributed by atoms with van der Waals surface area (Å²) in [6, 6.07) is 7.53. The summed E-state index contributed by atoms with van der Waals surface area (Å²) >= 11 is 1.61. The van der Waals surface area contributed by atoms with Crippen LogP contribution in [-0.4, -0.2) is 53.1 Å². The molecular weight excluding hydrogens is 416 g/mol. The first-order valence-electron chi connectivity index (χ1n) is 8.87. The Bertz CT molecular complexity index is 899. The summed E-state index contributed by atoms with van der Waals surface area (Å²) in [5, 5.41) is 2.78. The SMILES string of the molecule is COc1ccc(OC)c(N([C@@H](C)C(=O)NCCSCc2ccco2)S(C)(=O)=O)c1. The number of benzene rings is 1. The van der Waals surface area contributed by atoms with Gasteiger partial charge in [0.15, 0.2) is 0 Å². The maximum absolute atomic E-state index is 12.6. The van der Waals surface area contributed by atoms with Crippen molar-refractivity contribution in [2.45, 2.75) is 18.7 Å². The van der Waals surface area contributed by atoms with Crippen LogP contribution in [0.3, 0.4) is 0 Å². The van der Waals surface area contributed by atoms with E-state index in [-0.39, 0.29) is 5.69 Å². The topological polar surface area (TPSA) is 98.1 Å². The first kappa shape index (κ1) is 23.0. The van der Waals surface area contributed by atoms with Crippen molar-refractivity contribution in [2.24, 2.45) is 0 Å². The molecule has 0 radical (unpaired) electrons. The first-order valence-corrected chi connectivity index (χ1v) is 11.9. The molecule has 0 aliphatic heterocycles. The zero-order valence-corrected chi connectivity index (χ0v) is 18.5. The molecule has 1 amide bonds. The number of carbonyl (C=O) groups is 1. The number of carbonyl (C=O) groups excluding carboxylic acids is 1. The molecule has 0 aliphatic rings. The molecule has 0 fully saturated rings. The number of amides is 1. The van der Waals surface area contributed by atoms with Crippen molar-refractivity contribution in [3.8, 4) is 11.5 Å². The van der Waals surface area contributed by atoms with E-state index in [0.717, 1.165) is 16.3 Å². The van der Waals surface area contributed by atoms with Crippen molar-refractivity contribution in [1.82, 2.24) is 5.32 Å². The molecule has 8 nitrogen and oxygen atoms in total. The molecule has 10 heteroatoms.